The molecule has 0 heterocycles. The van der Waals surface area contributed by atoms with Crippen molar-refractivity contribution in [2.75, 3.05) is 6.73 Å². The maximum atomic E-state index is 10.7. The highest BCUT2D eigenvalue weighted by atomic mass is 28.4. The summed E-state index contributed by atoms with van der Waals surface area (Å²) < 4.78 is 5.51. The van der Waals surface area contributed by atoms with Gasteiger partial charge >= 0.3 is 0 Å². The van der Waals surface area contributed by atoms with Crippen LogP contribution in [0.25, 0.3) is 0 Å². The van der Waals surface area contributed by atoms with Crippen molar-refractivity contribution >= 4 is 14.2 Å². The molecule has 0 radical (unpaired) electrons. The second kappa shape index (κ2) is 5.11. The number of nitrogens with one attached hydrogen (secondary N) is 1. The van der Waals surface area contributed by atoms with E-state index in [1.165, 1.54) is 6.08 Å². The molecule has 0 bridgehead atoms. The summed E-state index contributed by atoms with van der Waals surface area (Å²) in [5.41, 5.74) is 0. The summed E-state index contributed by atoms with van der Waals surface area (Å²) in [6, 6.07) is 1.05. The molecular formula is C8H17NO2Si. The van der Waals surface area contributed by atoms with Gasteiger partial charge in [-0.15, -0.1) is 0 Å². The quantitative estimate of drug-likeness (QED) is 0.402. The highest BCUT2D eigenvalue weighted by Crippen LogP contribution is 2.08. The molecule has 12 heavy (non-hydrogen) atoms. The van der Waals surface area contributed by atoms with Crippen LogP contribution in [-0.2, 0) is 9.22 Å². The van der Waals surface area contributed by atoms with E-state index in [-0.39, 0.29) is 5.91 Å². The molecule has 0 spiro atoms. The van der Waals surface area contributed by atoms with E-state index in [9.17, 15) is 4.79 Å². The van der Waals surface area contributed by atoms with Crippen LogP contribution in [0.3, 0.4) is 0 Å². The molecule has 0 aliphatic carbocycles. The maximum Gasteiger partial charge on any atom is 0.245 e. The predicted molar refractivity (Wildman–Crippen MR) is 52.3 cm³/mol. The van der Waals surface area contributed by atoms with Crippen LogP contribution < -0.4 is 5.32 Å². The van der Waals surface area contributed by atoms with Gasteiger partial charge in [0.05, 0.1) is 0 Å². The third-order valence-corrected chi connectivity index (χ3v) is 4.37. The number of carbonyl (C=O) groups is 1. The van der Waals surface area contributed by atoms with Gasteiger partial charge in [-0.3, -0.25) is 4.79 Å². The van der Waals surface area contributed by atoms with E-state index in [0.717, 1.165) is 6.04 Å². The topological polar surface area (TPSA) is 38.3 Å². The Morgan fingerprint density at radius 1 is 1.67 bits per heavy atom. The second-order valence-electron chi connectivity index (χ2n) is 3.15. The molecule has 0 rings (SSSR count). The third kappa shape index (κ3) is 5.09. The largest absolute Gasteiger partial charge is 0.400 e. The Morgan fingerprint density at radius 3 is 2.67 bits per heavy atom. The van der Waals surface area contributed by atoms with Crippen LogP contribution in [0.2, 0.25) is 19.1 Å². The molecule has 0 fully saturated rings. The second-order valence-corrected chi connectivity index (χ2v) is 7.66. The molecule has 0 aromatic carbocycles. The minimum absolute atomic E-state index is 0.184. The van der Waals surface area contributed by atoms with E-state index in [0.29, 0.717) is 6.73 Å². The lowest BCUT2D eigenvalue weighted by Crippen LogP contribution is -2.35. The smallest absolute Gasteiger partial charge is 0.245 e. The lowest BCUT2D eigenvalue weighted by Gasteiger charge is -2.20. The zero-order valence-electron chi connectivity index (χ0n) is 8.02. The SMILES string of the molecule is C=CC(=O)NCO[Si](C)(C)CC. The van der Waals surface area contributed by atoms with Crippen LogP contribution in [-0.4, -0.2) is 21.0 Å². The fraction of sp³-hybridized carbons (Fsp3) is 0.625. The monoisotopic (exact) mass is 187 g/mol. The number of hydrogen-bond acceptors (Lipinski definition) is 2. The maximum absolute atomic E-state index is 10.7. The average molecular weight is 187 g/mol. The Morgan fingerprint density at radius 2 is 2.25 bits per heavy atom. The molecule has 70 valence electrons. The van der Waals surface area contributed by atoms with Crippen LogP contribution in [0, 0.1) is 0 Å². The van der Waals surface area contributed by atoms with Crippen molar-refractivity contribution in [1.82, 2.24) is 5.32 Å². The zero-order valence-corrected chi connectivity index (χ0v) is 9.02. The number of rotatable bonds is 5. The van der Waals surface area contributed by atoms with Gasteiger partial charge in [0.2, 0.25) is 5.91 Å². The summed E-state index contributed by atoms with van der Waals surface area (Å²) in [5.74, 6) is -0.184. The molecule has 0 aromatic heterocycles. The van der Waals surface area contributed by atoms with Crippen molar-refractivity contribution in [1.29, 1.82) is 0 Å². The normalized spacial score (nSPS) is 10.9. The Balaban J connectivity index is 3.56. The first-order chi connectivity index (χ1) is 5.52. The summed E-state index contributed by atoms with van der Waals surface area (Å²) in [5, 5.41) is 2.58. The van der Waals surface area contributed by atoms with Gasteiger partial charge in [-0.05, 0) is 25.2 Å². The number of amides is 1. The first-order valence-electron chi connectivity index (χ1n) is 4.06. The van der Waals surface area contributed by atoms with Crippen LogP contribution in [0.5, 0.6) is 0 Å². The molecule has 1 N–H and O–H groups in total. The van der Waals surface area contributed by atoms with E-state index < -0.39 is 8.32 Å². The van der Waals surface area contributed by atoms with Crippen molar-refractivity contribution < 1.29 is 9.22 Å². The van der Waals surface area contributed by atoms with Gasteiger partial charge in [-0.2, -0.15) is 0 Å². The van der Waals surface area contributed by atoms with E-state index in [1.807, 2.05) is 0 Å². The van der Waals surface area contributed by atoms with Gasteiger partial charge in [0.25, 0.3) is 0 Å². The summed E-state index contributed by atoms with van der Waals surface area (Å²) in [6.07, 6.45) is 1.24. The average Bonchev–Trinajstić information content (AvgIpc) is 2.04. The molecule has 0 aliphatic heterocycles. The van der Waals surface area contributed by atoms with E-state index in [4.69, 9.17) is 4.43 Å². The summed E-state index contributed by atoms with van der Waals surface area (Å²) in [4.78, 5) is 10.7. The van der Waals surface area contributed by atoms with Crippen molar-refractivity contribution in [3.8, 4) is 0 Å². The molecule has 4 heteroatoms. The fourth-order valence-electron chi connectivity index (χ4n) is 0.477. The minimum atomic E-state index is -1.51. The van der Waals surface area contributed by atoms with Crippen LogP contribution in [0.15, 0.2) is 12.7 Å². The Kier molecular flexibility index (Phi) is 4.85. The standard InChI is InChI=1S/C8H17NO2Si/c1-5-8(10)9-7-11-12(3,4)6-2/h5H,1,6-7H2,2-4H3,(H,9,10). The van der Waals surface area contributed by atoms with Gasteiger partial charge in [-0.25, -0.2) is 0 Å². The van der Waals surface area contributed by atoms with Gasteiger partial charge in [-0.1, -0.05) is 13.5 Å². The Bertz CT molecular complexity index is 168. The summed E-state index contributed by atoms with van der Waals surface area (Å²) >= 11 is 0. The molecule has 0 aliphatic rings. The minimum Gasteiger partial charge on any atom is -0.400 e. The molecule has 0 aromatic rings. The third-order valence-electron chi connectivity index (χ3n) is 1.75. The predicted octanol–water partition coefficient (Wildman–Crippen LogP) is 1.49. The highest BCUT2D eigenvalue weighted by molar-refractivity contribution is 6.71. The Hall–Kier alpha value is -0.613. The number of carbonyl (C=O) groups excluding carboxylic acids is 1. The van der Waals surface area contributed by atoms with E-state index in [2.05, 4.69) is 31.9 Å². The first-order valence-corrected chi connectivity index (χ1v) is 7.17. The van der Waals surface area contributed by atoms with Crippen LogP contribution >= 0.6 is 0 Å². The summed E-state index contributed by atoms with van der Waals surface area (Å²) in [6.45, 7) is 9.98. The lowest BCUT2D eigenvalue weighted by atomic mass is 10.6. The van der Waals surface area contributed by atoms with Crippen molar-refractivity contribution in [2.45, 2.75) is 26.1 Å². The van der Waals surface area contributed by atoms with Crippen LogP contribution in [0.1, 0.15) is 6.92 Å². The fourth-order valence-corrected chi connectivity index (χ4v) is 1.14. The molecule has 0 saturated carbocycles. The molecule has 1 amide bonds. The highest BCUT2D eigenvalue weighted by Gasteiger charge is 2.18. The van der Waals surface area contributed by atoms with Gasteiger partial charge < -0.3 is 9.74 Å². The lowest BCUT2D eigenvalue weighted by molar-refractivity contribution is -0.117. The van der Waals surface area contributed by atoms with Crippen molar-refractivity contribution in [3.05, 3.63) is 12.7 Å². The van der Waals surface area contributed by atoms with E-state index >= 15 is 0 Å². The molecular weight excluding hydrogens is 170 g/mol. The van der Waals surface area contributed by atoms with Gasteiger partial charge in [0, 0.05) is 0 Å². The molecule has 3 nitrogen and oxygen atoms in total. The van der Waals surface area contributed by atoms with Crippen molar-refractivity contribution in [2.24, 2.45) is 0 Å². The summed E-state index contributed by atoms with van der Waals surface area (Å²) in [7, 11) is -1.51. The van der Waals surface area contributed by atoms with Gasteiger partial charge in [0.15, 0.2) is 8.32 Å². The molecule has 0 atom stereocenters. The number of hydrogen-bond donors (Lipinski definition) is 1. The van der Waals surface area contributed by atoms with Crippen molar-refractivity contribution in [3.63, 3.8) is 0 Å². The zero-order chi connectivity index (χ0) is 9.61. The Labute approximate surface area is 74.9 Å². The molecule has 0 saturated heterocycles. The first kappa shape index (κ1) is 11.4. The van der Waals surface area contributed by atoms with E-state index in [1.54, 1.807) is 0 Å². The van der Waals surface area contributed by atoms with Gasteiger partial charge in [0.1, 0.15) is 6.73 Å². The molecule has 0 unspecified atom stereocenters. The van der Waals surface area contributed by atoms with Crippen LogP contribution in [0.4, 0.5) is 0 Å².